The van der Waals surface area contributed by atoms with E-state index < -0.39 is 11.7 Å². The lowest BCUT2D eigenvalue weighted by molar-refractivity contribution is -0.183. The van der Waals surface area contributed by atoms with Crippen LogP contribution in [-0.4, -0.2) is 28.1 Å². The second-order valence-electron chi connectivity index (χ2n) is 9.51. The van der Waals surface area contributed by atoms with E-state index in [2.05, 4.69) is 4.57 Å². The lowest BCUT2D eigenvalue weighted by Gasteiger charge is -2.32. The topological polar surface area (TPSA) is 101 Å². The van der Waals surface area contributed by atoms with E-state index in [4.69, 9.17) is 10.6 Å². The van der Waals surface area contributed by atoms with Crippen LogP contribution < -0.4 is 5.73 Å². The van der Waals surface area contributed by atoms with Gasteiger partial charge in [-0.3, -0.25) is 14.4 Å². The summed E-state index contributed by atoms with van der Waals surface area (Å²) in [6.45, 7) is 1.20. The van der Waals surface area contributed by atoms with Crippen molar-refractivity contribution in [3.63, 3.8) is 0 Å². The van der Waals surface area contributed by atoms with Crippen LogP contribution in [0.2, 0.25) is 0 Å². The third kappa shape index (κ3) is 4.64. The number of aromatic nitrogens is 1. The fraction of sp³-hybridized carbons (Fsp3) is 0.370. The Bertz CT molecular complexity index is 1320. The van der Waals surface area contributed by atoms with Gasteiger partial charge in [-0.05, 0) is 78.9 Å². The molecule has 0 unspecified atom stereocenters. The van der Waals surface area contributed by atoms with Crippen LogP contribution in [0.3, 0.4) is 0 Å². The third-order valence-electron chi connectivity index (χ3n) is 7.27. The van der Waals surface area contributed by atoms with Gasteiger partial charge in [-0.15, -0.1) is 0 Å². The second kappa shape index (κ2) is 9.51. The molecule has 3 aromatic rings. The summed E-state index contributed by atoms with van der Waals surface area (Å²) >= 11 is 0. The molecule has 1 aliphatic carbocycles. The SMILES string of the molecule is N#Cc1cc(F)cc([C@@H]2CCON2C(=O)[C@H]2CC[C@H](Cn3ccc4ccc(C(N)=O)cc43)CC2)c1. The standard InChI is InChI=1S/C27H27FN4O3/c28-23-12-18(15-29)11-22(13-23)24-8-10-35-32(24)27(34)20-3-1-17(2-4-20)16-31-9-7-19-5-6-21(26(30)33)14-25(19)31/h5-7,9,11-14,17,20,24H,1-4,8,10,16H2,(H2,30,33)/t17-,20-,24-/m0/s1. The summed E-state index contributed by atoms with van der Waals surface area (Å²) in [5.41, 5.74) is 7.75. The van der Waals surface area contributed by atoms with Gasteiger partial charge in [0.05, 0.1) is 24.3 Å². The fourth-order valence-electron chi connectivity index (χ4n) is 5.40. The van der Waals surface area contributed by atoms with Gasteiger partial charge in [0.25, 0.3) is 0 Å². The van der Waals surface area contributed by atoms with E-state index in [1.165, 1.54) is 17.2 Å². The first-order chi connectivity index (χ1) is 16.9. The number of nitrogens with zero attached hydrogens (tertiary/aromatic N) is 3. The van der Waals surface area contributed by atoms with Crippen molar-refractivity contribution in [3.8, 4) is 6.07 Å². The fourth-order valence-corrected chi connectivity index (χ4v) is 5.40. The molecule has 1 aliphatic heterocycles. The maximum atomic E-state index is 14.0. The van der Waals surface area contributed by atoms with E-state index in [1.807, 2.05) is 30.5 Å². The number of hydroxylamine groups is 2. The molecule has 2 amide bonds. The number of amides is 2. The Hall–Kier alpha value is -3.70. The number of primary amides is 1. The summed E-state index contributed by atoms with van der Waals surface area (Å²) in [5.74, 6) is -0.712. The quantitative estimate of drug-likeness (QED) is 0.590. The van der Waals surface area contributed by atoms with Gasteiger partial charge in [-0.25, -0.2) is 9.45 Å². The van der Waals surface area contributed by atoms with Crippen molar-refractivity contribution in [2.45, 2.75) is 44.7 Å². The van der Waals surface area contributed by atoms with Crippen LogP contribution >= 0.6 is 0 Å². The monoisotopic (exact) mass is 474 g/mol. The maximum absolute atomic E-state index is 14.0. The van der Waals surface area contributed by atoms with Gasteiger partial charge in [0.15, 0.2) is 0 Å². The van der Waals surface area contributed by atoms with Crippen LogP contribution in [-0.2, 0) is 16.2 Å². The van der Waals surface area contributed by atoms with E-state index >= 15 is 0 Å². The zero-order chi connectivity index (χ0) is 24.5. The van der Waals surface area contributed by atoms with Gasteiger partial charge in [-0.2, -0.15) is 5.26 Å². The van der Waals surface area contributed by atoms with Gasteiger partial charge in [0.2, 0.25) is 11.8 Å². The zero-order valence-electron chi connectivity index (χ0n) is 19.3. The first-order valence-corrected chi connectivity index (χ1v) is 12.0. The number of rotatable bonds is 5. The highest BCUT2D eigenvalue weighted by atomic mass is 19.1. The molecule has 2 aliphatic rings. The summed E-state index contributed by atoms with van der Waals surface area (Å²) < 4.78 is 16.1. The molecule has 2 N–H and O–H groups in total. The van der Waals surface area contributed by atoms with Crippen molar-refractivity contribution in [2.75, 3.05) is 6.61 Å². The highest BCUT2D eigenvalue weighted by molar-refractivity contribution is 5.97. The number of nitrogens with two attached hydrogens (primary N) is 1. The number of fused-ring (bicyclic) bond motifs is 1. The number of hydrogen-bond donors (Lipinski definition) is 1. The molecule has 7 nitrogen and oxygen atoms in total. The molecule has 1 saturated heterocycles. The normalized spacial score (nSPS) is 22.3. The number of carbonyl (C=O) groups excluding carboxylic acids is 2. The Morgan fingerprint density at radius 3 is 2.63 bits per heavy atom. The Labute approximate surface area is 202 Å². The van der Waals surface area contributed by atoms with Crippen LogP contribution in [0.4, 0.5) is 4.39 Å². The van der Waals surface area contributed by atoms with E-state index in [0.717, 1.165) is 43.1 Å². The maximum Gasteiger partial charge on any atom is 0.249 e. The Morgan fingerprint density at radius 1 is 1.09 bits per heavy atom. The van der Waals surface area contributed by atoms with Gasteiger partial charge in [-0.1, -0.05) is 6.07 Å². The minimum atomic E-state index is -0.487. The van der Waals surface area contributed by atoms with E-state index in [9.17, 15) is 19.2 Å². The number of carbonyl (C=O) groups is 2. The van der Waals surface area contributed by atoms with E-state index in [-0.39, 0.29) is 23.4 Å². The summed E-state index contributed by atoms with van der Waals surface area (Å²) in [6, 6.07) is 13.3. The number of nitriles is 1. The van der Waals surface area contributed by atoms with Gasteiger partial charge in [0.1, 0.15) is 5.82 Å². The average Bonchev–Trinajstić information content (AvgIpc) is 3.51. The van der Waals surface area contributed by atoms with Crippen molar-refractivity contribution >= 4 is 22.7 Å². The predicted molar refractivity (Wildman–Crippen MR) is 127 cm³/mol. The molecule has 0 spiro atoms. The minimum absolute atomic E-state index is 0.0637. The molecule has 0 radical (unpaired) electrons. The van der Waals surface area contributed by atoms with Crippen molar-refractivity contribution in [2.24, 2.45) is 17.6 Å². The van der Waals surface area contributed by atoms with Crippen LogP contribution in [0.15, 0.2) is 48.7 Å². The lowest BCUT2D eigenvalue weighted by Crippen LogP contribution is -2.37. The minimum Gasteiger partial charge on any atom is -0.366 e. The molecule has 2 heterocycles. The molecule has 5 rings (SSSR count). The molecule has 35 heavy (non-hydrogen) atoms. The summed E-state index contributed by atoms with van der Waals surface area (Å²) in [4.78, 5) is 30.6. The second-order valence-corrected chi connectivity index (χ2v) is 9.51. The van der Waals surface area contributed by atoms with Gasteiger partial charge in [0, 0.05) is 36.2 Å². The first-order valence-electron chi connectivity index (χ1n) is 12.0. The van der Waals surface area contributed by atoms with Gasteiger partial charge >= 0.3 is 0 Å². The first kappa shape index (κ1) is 23.1. The Kier molecular flexibility index (Phi) is 6.27. The number of hydrogen-bond acceptors (Lipinski definition) is 4. The number of halogens is 1. The molecule has 1 atom stereocenters. The average molecular weight is 475 g/mol. The van der Waals surface area contributed by atoms with E-state index in [1.54, 1.807) is 12.1 Å². The molecule has 0 bridgehead atoms. The highest BCUT2D eigenvalue weighted by Gasteiger charge is 2.37. The molecular weight excluding hydrogens is 447 g/mol. The van der Waals surface area contributed by atoms with Crippen LogP contribution in [0.25, 0.3) is 10.9 Å². The van der Waals surface area contributed by atoms with Crippen LogP contribution in [0, 0.1) is 29.0 Å². The van der Waals surface area contributed by atoms with Crippen molar-refractivity contribution in [1.82, 2.24) is 9.63 Å². The van der Waals surface area contributed by atoms with Crippen molar-refractivity contribution < 1.29 is 18.8 Å². The number of benzene rings is 2. The molecule has 1 aromatic heterocycles. The Balaban J connectivity index is 1.23. The largest absolute Gasteiger partial charge is 0.366 e. The third-order valence-corrected chi connectivity index (χ3v) is 7.27. The molecule has 8 heteroatoms. The zero-order valence-corrected chi connectivity index (χ0v) is 19.3. The smallest absolute Gasteiger partial charge is 0.249 e. The predicted octanol–water partition coefficient (Wildman–Crippen LogP) is 4.46. The van der Waals surface area contributed by atoms with Crippen LogP contribution in [0.5, 0.6) is 0 Å². The molecule has 2 aromatic carbocycles. The summed E-state index contributed by atoms with van der Waals surface area (Å²) in [5, 5.41) is 11.6. The van der Waals surface area contributed by atoms with Crippen molar-refractivity contribution in [1.29, 1.82) is 5.26 Å². The van der Waals surface area contributed by atoms with Gasteiger partial charge < -0.3 is 10.3 Å². The molecule has 180 valence electrons. The summed E-state index contributed by atoms with van der Waals surface area (Å²) in [7, 11) is 0. The molecule has 1 saturated carbocycles. The Morgan fingerprint density at radius 2 is 1.89 bits per heavy atom. The van der Waals surface area contributed by atoms with Crippen molar-refractivity contribution in [3.05, 3.63) is 71.2 Å². The molecule has 2 fully saturated rings. The highest BCUT2D eigenvalue weighted by Crippen LogP contribution is 2.37. The van der Waals surface area contributed by atoms with Crippen LogP contribution in [0.1, 0.15) is 59.6 Å². The lowest BCUT2D eigenvalue weighted by atomic mass is 9.81. The van der Waals surface area contributed by atoms with E-state index in [0.29, 0.717) is 30.1 Å². The molecular formula is C27H27FN4O3. The summed E-state index contributed by atoms with van der Waals surface area (Å²) in [6.07, 6.45) is 5.93.